The number of Topliss-reactive ketones (excluding diaryl/α,β-unsaturated/α-hetero) is 1. The van der Waals surface area contributed by atoms with Crippen molar-refractivity contribution in [1.82, 2.24) is 5.32 Å². The van der Waals surface area contributed by atoms with Crippen LogP contribution >= 0.6 is 22.9 Å². The zero-order valence-electron chi connectivity index (χ0n) is 7.97. The second-order valence-corrected chi connectivity index (χ2v) is 5.11. The van der Waals surface area contributed by atoms with Crippen LogP contribution in [0.4, 0.5) is 0 Å². The molecule has 1 aromatic rings. The fraction of sp³-hybridized carbons (Fsp3) is 0.500. The quantitative estimate of drug-likeness (QED) is 0.791. The van der Waals surface area contributed by atoms with Crippen LogP contribution in [0.1, 0.15) is 29.4 Å². The molecule has 1 saturated heterocycles. The first kappa shape index (κ1) is 10.1. The Hall–Kier alpha value is -0.380. The number of thiophene rings is 1. The summed E-state index contributed by atoms with van der Waals surface area (Å²) in [5.41, 5.74) is -0.394. The molecule has 0 aromatic carbocycles. The molecule has 76 valence electrons. The van der Waals surface area contributed by atoms with E-state index in [1.54, 1.807) is 6.07 Å². The molecule has 1 aliphatic rings. The summed E-state index contributed by atoms with van der Waals surface area (Å²) in [6.07, 6.45) is 1.96. The Morgan fingerprint density at radius 1 is 1.71 bits per heavy atom. The molecule has 1 unspecified atom stereocenters. The first-order valence-electron chi connectivity index (χ1n) is 4.66. The Morgan fingerprint density at radius 2 is 2.50 bits per heavy atom. The number of hydrogen-bond donors (Lipinski definition) is 1. The summed E-state index contributed by atoms with van der Waals surface area (Å²) in [7, 11) is 0. The lowest BCUT2D eigenvalue weighted by atomic mass is 9.94. The maximum atomic E-state index is 12.1. The molecule has 2 nitrogen and oxygen atoms in total. The molecule has 1 aromatic heterocycles. The van der Waals surface area contributed by atoms with Gasteiger partial charge in [-0.05, 0) is 37.8 Å². The lowest BCUT2D eigenvalue weighted by Gasteiger charge is -2.21. The summed E-state index contributed by atoms with van der Waals surface area (Å²) >= 11 is 7.36. The first-order valence-corrected chi connectivity index (χ1v) is 5.92. The van der Waals surface area contributed by atoms with E-state index in [4.69, 9.17) is 11.6 Å². The van der Waals surface area contributed by atoms with Gasteiger partial charge in [-0.3, -0.25) is 4.79 Å². The second kappa shape index (κ2) is 3.65. The van der Waals surface area contributed by atoms with E-state index < -0.39 is 5.54 Å². The van der Waals surface area contributed by atoms with E-state index in [2.05, 4.69) is 5.32 Å². The van der Waals surface area contributed by atoms with Gasteiger partial charge < -0.3 is 5.32 Å². The van der Waals surface area contributed by atoms with Crippen LogP contribution in [0.15, 0.2) is 11.4 Å². The van der Waals surface area contributed by atoms with Gasteiger partial charge in [0.2, 0.25) is 0 Å². The van der Waals surface area contributed by atoms with Gasteiger partial charge >= 0.3 is 0 Å². The molecule has 0 aliphatic carbocycles. The molecule has 0 radical (unpaired) electrons. The molecule has 1 atom stereocenters. The molecular weight excluding hydrogens is 218 g/mol. The zero-order valence-corrected chi connectivity index (χ0v) is 9.54. The average molecular weight is 230 g/mol. The number of ketones is 1. The highest BCUT2D eigenvalue weighted by molar-refractivity contribution is 7.12. The van der Waals surface area contributed by atoms with Crippen LogP contribution in [0.3, 0.4) is 0 Å². The van der Waals surface area contributed by atoms with Crippen molar-refractivity contribution < 1.29 is 4.79 Å². The van der Waals surface area contributed by atoms with Crippen LogP contribution in [0, 0.1) is 0 Å². The number of nitrogens with one attached hydrogen (secondary N) is 1. The number of hydrogen-bond acceptors (Lipinski definition) is 3. The largest absolute Gasteiger partial charge is 0.305 e. The van der Waals surface area contributed by atoms with E-state index in [0.717, 1.165) is 19.4 Å². The van der Waals surface area contributed by atoms with Gasteiger partial charge in [0.15, 0.2) is 5.78 Å². The van der Waals surface area contributed by atoms with Crippen LogP contribution in [0.2, 0.25) is 5.02 Å². The lowest BCUT2D eigenvalue weighted by molar-refractivity contribution is 0.0889. The summed E-state index contributed by atoms with van der Waals surface area (Å²) in [5, 5.41) is 5.68. The number of halogens is 1. The molecule has 0 saturated carbocycles. The van der Waals surface area contributed by atoms with Gasteiger partial charge in [-0.15, -0.1) is 11.3 Å². The Kier molecular flexibility index (Phi) is 2.64. The SMILES string of the molecule is CC1(C(=O)c2sccc2Cl)CCCN1. The van der Waals surface area contributed by atoms with Crippen molar-refractivity contribution in [2.24, 2.45) is 0 Å². The van der Waals surface area contributed by atoms with Gasteiger partial charge in [0.25, 0.3) is 0 Å². The second-order valence-electron chi connectivity index (χ2n) is 3.79. The third-order valence-corrected chi connectivity index (χ3v) is 4.03. The Morgan fingerprint density at radius 3 is 3.00 bits per heavy atom. The van der Waals surface area contributed by atoms with Gasteiger partial charge in [-0.25, -0.2) is 0 Å². The van der Waals surface area contributed by atoms with E-state index in [0.29, 0.717) is 9.90 Å². The minimum absolute atomic E-state index is 0.134. The third-order valence-electron chi connectivity index (χ3n) is 2.69. The summed E-state index contributed by atoms with van der Waals surface area (Å²) in [5.74, 6) is 0.134. The zero-order chi connectivity index (χ0) is 10.2. The first-order chi connectivity index (χ1) is 6.63. The molecule has 0 bridgehead atoms. The Balaban J connectivity index is 2.28. The van der Waals surface area contributed by atoms with Crippen LogP contribution in [0.25, 0.3) is 0 Å². The van der Waals surface area contributed by atoms with E-state index in [9.17, 15) is 4.79 Å². The fourth-order valence-corrected chi connectivity index (χ4v) is 3.01. The van der Waals surface area contributed by atoms with Crippen molar-refractivity contribution in [1.29, 1.82) is 0 Å². The standard InChI is InChI=1S/C10H12ClNOS/c1-10(4-2-5-12-10)9(13)8-7(11)3-6-14-8/h3,6,12H,2,4-5H2,1H3. The minimum Gasteiger partial charge on any atom is -0.305 e. The molecule has 1 aliphatic heterocycles. The van der Waals surface area contributed by atoms with Crippen molar-refractivity contribution >= 4 is 28.7 Å². The lowest BCUT2D eigenvalue weighted by Crippen LogP contribution is -2.44. The van der Waals surface area contributed by atoms with Gasteiger partial charge in [-0.2, -0.15) is 0 Å². The predicted octanol–water partition coefficient (Wildman–Crippen LogP) is 2.73. The molecule has 2 heterocycles. The average Bonchev–Trinajstić information content (AvgIpc) is 2.74. The minimum atomic E-state index is -0.394. The van der Waals surface area contributed by atoms with Crippen LogP contribution in [-0.4, -0.2) is 17.9 Å². The summed E-state index contributed by atoms with van der Waals surface area (Å²) in [4.78, 5) is 12.8. The topological polar surface area (TPSA) is 29.1 Å². The van der Waals surface area contributed by atoms with Gasteiger partial charge in [-0.1, -0.05) is 11.6 Å². The molecular formula is C10H12ClNOS. The summed E-state index contributed by atoms with van der Waals surface area (Å²) in [6.45, 7) is 2.88. The van der Waals surface area contributed by atoms with Crippen molar-refractivity contribution in [2.45, 2.75) is 25.3 Å². The molecule has 4 heteroatoms. The van der Waals surface area contributed by atoms with Crippen molar-refractivity contribution in [3.63, 3.8) is 0 Å². The monoisotopic (exact) mass is 229 g/mol. The number of carbonyl (C=O) groups excluding carboxylic acids is 1. The van der Waals surface area contributed by atoms with Gasteiger partial charge in [0.1, 0.15) is 0 Å². The highest BCUT2D eigenvalue weighted by Crippen LogP contribution is 2.30. The summed E-state index contributed by atoms with van der Waals surface area (Å²) in [6, 6.07) is 1.78. The van der Waals surface area contributed by atoms with E-state index in [-0.39, 0.29) is 5.78 Å². The number of rotatable bonds is 2. The third kappa shape index (κ3) is 1.60. The van der Waals surface area contributed by atoms with Crippen molar-refractivity contribution in [3.05, 3.63) is 21.3 Å². The summed E-state index contributed by atoms with van der Waals surface area (Å²) < 4.78 is 0. The Bertz CT molecular complexity index is 355. The van der Waals surface area contributed by atoms with Crippen molar-refractivity contribution in [2.75, 3.05) is 6.54 Å². The maximum Gasteiger partial charge on any atom is 0.193 e. The van der Waals surface area contributed by atoms with Crippen LogP contribution in [-0.2, 0) is 0 Å². The van der Waals surface area contributed by atoms with E-state index >= 15 is 0 Å². The highest BCUT2D eigenvalue weighted by Gasteiger charge is 2.37. The fourth-order valence-electron chi connectivity index (χ4n) is 1.79. The molecule has 2 rings (SSSR count). The maximum absolute atomic E-state index is 12.1. The van der Waals surface area contributed by atoms with Gasteiger partial charge in [0, 0.05) is 0 Å². The molecule has 1 N–H and O–H groups in total. The Labute approximate surface area is 92.3 Å². The van der Waals surface area contributed by atoms with Crippen molar-refractivity contribution in [3.8, 4) is 0 Å². The smallest absolute Gasteiger partial charge is 0.193 e. The van der Waals surface area contributed by atoms with Crippen LogP contribution in [0.5, 0.6) is 0 Å². The van der Waals surface area contributed by atoms with E-state index in [1.807, 2.05) is 12.3 Å². The van der Waals surface area contributed by atoms with E-state index in [1.165, 1.54) is 11.3 Å². The number of carbonyl (C=O) groups is 1. The molecule has 0 spiro atoms. The molecule has 14 heavy (non-hydrogen) atoms. The molecule has 0 amide bonds. The highest BCUT2D eigenvalue weighted by atomic mass is 35.5. The normalized spacial score (nSPS) is 26.7. The van der Waals surface area contributed by atoms with Crippen LogP contribution < -0.4 is 5.32 Å². The predicted molar refractivity (Wildman–Crippen MR) is 59.3 cm³/mol. The van der Waals surface area contributed by atoms with Gasteiger partial charge in [0.05, 0.1) is 15.4 Å². The molecule has 1 fully saturated rings.